The lowest BCUT2D eigenvalue weighted by Crippen LogP contribution is -2.34. The predicted molar refractivity (Wildman–Crippen MR) is 152 cm³/mol. The molecule has 0 bridgehead atoms. The summed E-state index contributed by atoms with van der Waals surface area (Å²) in [5, 5.41) is 2.54. The Morgan fingerprint density at radius 2 is 1.66 bits per heavy atom. The number of methoxy groups -OCH3 is 3. The number of aromatic nitrogens is 3. The molecule has 3 heterocycles. The zero-order chi connectivity index (χ0) is 27.8. The van der Waals surface area contributed by atoms with Gasteiger partial charge in [-0.25, -0.2) is 9.78 Å². The number of benzene rings is 1. The number of esters is 1. The summed E-state index contributed by atoms with van der Waals surface area (Å²) in [5.74, 6) is 0.233. The lowest BCUT2D eigenvalue weighted by atomic mass is 10.00. The number of pyridine rings is 2. The van der Waals surface area contributed by atoms with Crippen molar-refractivity contribution in [2.24, 2.45) is 5.92 Å². The standard InChI is InChI=1S/C28H37N3O6Si/c1-17(2)24(28(33)36-5)31-25-18-9-10-30(16-37-11-12-38(6,7)8)26(18)29-15-21(25)19-13-22(34-3)23(35-4)14-20(19)27(31)32/h9-10,13-15,17,24H,11-12,16H2,1-8H3/t24-/m0/s1. The number of nitrogens with zero attached hydrogens (tertiary/aromatic N) is 3. The minimum Gasteiger partial charge on any atom is -0.493 e. The average Bonchev–Trinajstić information content (AvgIpc) is 3.29. The molecule has 0 amide bonds. The van der Waals surface area contributed by atoms with Crippen LogP contribution in [-0.2, 0) is 21.0 Å². The van der Waals surface area contributed by atoms with Crippen molar-refractivity contribution < 1.29 is 23.7 Å². The number of rotatable bonds is 10. The summed E-state index contributed by atoms with van der Waals surface area (Å²) in [6.45, 7) is 11.8. The Hall–Kier alpha value is -3.37. The summed E-state index contributed by atoms with van der Waals surface area (Å²) in [4.78, 5) is 32.0. The number of carbonyl (C=O) groups is 1. The highest BCUT2D eigenvalue weighted by atomic mass is 28.3. The zero-order valence-electron chi connectivity index (χ0n) is 23.5. The van der Waals surface area contributed by atoms with E-state index in [1.807, 2.05) is 30.7 Å². The first-order valence-electron chi connectivity index (χ1n) is 12.8. The molecule has 9 nitrogen and oxygen atoms in total. The Morgan fingerprint density at radius 1 is 1.00 bits per heavy atom. The summed E-state index contributed by atoms with van der Waals surface area (Å²) >= 11 is 0. The van der Waals surface area contributed by atoms with E-state index in [1.54, 1.807) is 30.0 Å². The maximum absolute atomic E-state index is 14.1. The van der Waals surface area contributed by atoms with Crippen LogP contribution >= 0.6 is 0 Å². The minimum atomic E-state index is -1.21. The Kier molecular flexibility index (Phi) is 7.85. The molecule has 0 spiro atoms. The average molecular weight is 540 g/mol. The highest BCUT2D eigenvalue weighted by Crippen LogP contribution is 2.37. The van der Waals surface area contributed by atoms with Gasteiger partial charge in [-0.1, -0.05) is 33.5 Å². The fourth-order valence-electron chi connectivity index (χ4n) is 4.80. The molecule has 4 rings (SSSR count). The second-order valence-corrected chi connectivity index (χ2v) is 16.7. The maximum atomic E-state index is 14.1. The molecule has 4 aromatic rings. The molecule has 1 atom stereocenters. The van der Waals surface area contributed by atoms with Crippen LogP contribution in [0.5, 0.6) is 11.5 Å². The molecule has 0 N–H and O–H groups in total. The SMILES string of the molecule is COC(=O)[C@H](C(C)C)n1c(=O)c2cc(OC)c(OC)cc2c2cnc3c(ccn3COCC[Si](C)(C)C)c21. The van der Waals surface area contributed by atoms with Crippen LogP contribution in [0.4, 0.5) is 0 Å². The van der Waals surface area contributed by atoms with Gasteiger partial charge in [0, 0.05) is 43.2 Å². The second-order valence-electron chi connectivity index (χ2n) is 11.0. The lowest BCUT2D eigenvalue weighted by molar-refractivity contribution is -0.145. The van der Waals surface area contributed by atoms with E-state index in [0.29, 0.717) is 46.8 Å². The molecular weight excluding hydrogens is 502 g/mol. The van der Waals surface area contributed by atoms with Gasteiger partial charge < -0.3 is 23.5 Å². The van der Waals surface area contributed by atoms with Crippen molar-refractivity contribution in [3.8, 4) is 11.5 Å². The van der Waals surface area contributed by atoms with Crippen molar-refractivity contribution in [3.05, 3.63) is 40.9 Å². The minimum absolute atomic E-state index is 0.212. The molecule has 0 radical (unpaired) electrons. The third-order valence-electron chi connectivity index (χ3n) is 6.84. The van der Waals surface area contributed by atoms with Crippen molar-refractivity contribution >= 4 is 46.8 Å². The van der Waals surface area contributed by atoms with E-state index < -0.39 is 20.1 Å². The van der Waals surface area contributed by atoms with Crippen molar-refractivity contribution in [1.29, 1.82) is 0 Å². The van der Waals surface area contributed by atoms with E-state index in [-0.39, 0.29) is 11.5 Å². The molecule has 204 valence electrons. The molecule has 0 aliphatic heterocycles. The second kappa shape index (κ2) is 10.8. The van der Waals surface area contributed by atoms with Gasteiger partial charge in [-0.05, 0) is 30.2 Å². The first kappa shape index (κ1) is 27.7. The largest absolute Gasteiger partial charge is 0.493 e. The molecule has 38 heavy (non-hydrogen) atoms. The quantitative estimate of drug-likeness (QED) is 0.118. The third-order valence-corrected chi connectivity index (χ3v) is 8.55. The fraction of sp³-hybridized carbons (Fsp3) is 0.464. The zero-order valence-corrected chi connectivity index (χ0v) is 24.5. The predicted octanol–water partition coefficient (Wildman–Crippen LogP) is 5.20. The summed E-state index contributed by atoms with van der Waals surface area (Å²) in [7, 11) is 3.20. The van der Waals surface area contributed by atoms with Crippen LogP contribution in [0.15, 0.2) is 35.4 Å². The molecule has 0 aliphatic carbocycles. The molecular formula is C28H37N3O6Si. The van der Waals surface area contributed by atoms with Crippen LogP contribution in [0.1, 0.15) is 19.9 Å². The number of hydrogen-bond acceptors (Lipinski definition) is 7. The molecule has 0 fully saturated rings. The highest BCUT2D eigenvalue weighted by Gasteiger charge is 2.30. The molecule has 10 heteroatoms. The Bertz CT molecular complexity index is 1550. The van der Waals surface area contributed by atoms with Crippen molar-refractivity contribution in [1.82, 2.24) is 14.1 Å². The Morgan fingerprint density at radius 3 is 2.24 bits per heavy atom. The first-order chi connectivity index (χ1) is 18.0. The van der Waals surface area contributed by atoms with Gasteiger partial charge >= 0.3 is 5.97 Å². The van der Waals surface area contributed by atoms with Gasteiger partial charge in [-0.2, -0.15) is 0 Å². The van der Waals surface area contributed by atoms with E-state index in [1.165, 1.54) is 14.2 Å². The smallest absolute Gasteiger partial charge is 0.329 e. The molecule has 0 saturated heterocycles. The highest BCUT2D eigenvalue weighted by molar-refractivity contribution is 6.76. The summed E-state index contributed by atoms with van der Waals surface area (Å²) in [6, 6.07) is 5.59. The van der Waals surface area contributed by atoms with Crippen LogP contribution in [-0.4, -0.2) is 56.1 Å². The van der Waals surface area contributed by atoms with Gasteiger partial charge in [-0.15, -0.1) is 0 Å². The van der Waals surface area contributed by atoms with Gasteiger partial charge in [0.2, 0.25) is 0 Å². The maximum Gasteiger partial charge on any atom is 0.329 e. The van der Waals surface area contributed by atoms with E-state index in [9.17, 15) is 9.59 Å². The third kappa shape index (κ3) is 5.02. The van der Waals surface area contributed by atoms with E-state index >= 15 is 0 Å². The van der Waals surface area contributed by atoms with Gasteiger partial charge in [0.25, 0.3) is 5.56 Å². The lowest BCUT2D eigenvalue weighted by Gasteiger charge is -2.24. The van der Waals surface area contributed by atoms with E-state index in [2.05, 4.69) is 19.6 Å². The van der Waals surface area contributed by atoms with E-state index in [4.69, 9.17) is 23.9 Å². The monoisotopic (exact) mass is 539 g/mol. The Balaban J connectivity index is 2.03. The normalized spacial score (nSPS) is 13.0. The molecule has 1 aromatic carbocycles. The van der Waals surface area contributed by atoms with Gasteiger partial charge in [0.15, 0.2) is 11.5 Å². The number of ether oxygens (including phenoxy) is 4. The Labute approximate surface area is 223 Å². The molecule has 0 saturated carbocycles. The molecule has 0 unspecified atom stereocenters. The summed E-state index contributed by atoms with van der Waals surface area (Å²) in [5.41, 5.74) is 0.972. The topological polar surface area (TPSA) is 93.8 Å². The van der Waals surface area contributed by atoms with E-state index in [0.717, 1.165) is 16.8 Å². The number of fused-ring (bicyclic) bond motifs is 5. The number of carbonyl (C=O) groups excluding carboxylic acids is 1. The summed E-state index contributed by atoms with van der Waals surface area (Å²) in [6.07, 6.45) is 3.65. The van der Waals surface area contributed by atoms with Crippen LogP contribution in [0.2, 0.25) is 25.7 Å². The van der Waals surface area contributed by atoms with Gasteiger partial charge in [-0.3, -0.25) is 9.36 Å². The van der Waals surface area contributed by atoms with Crippen LogP contribution in [0.3, 0.4) is 0 Å². The van der Waals surface area contributed by atoms with Gasteiger partial charge in [0.05, 0.1) is 32.2 Å². The number of hydrogen-bond donors (Lipinski definition) is 0. The van der Waals surface area contributed by atoms with Crippen molar-refractivity contribution in [2.45, 2.75) is 52.3 Å². The van der Waals surface area contributed by atoms with Crippen LogP contribution < -0.4 is 15.0 Å². The fourth-order valence-corrected chi connectivity index (χ4v) is 5.56. The first-order valence-corrected chi connectivity index (χ1v) is 16.5. The van der Waals surface area contributed by atoms with Crippen LogP contribution in [0, 0.1) is 5.92 Å². The molecule has 0 aliphatic rings. The molecule has 3 aromatic heterocycles. The van der Waals surface area contributed by atoms with Crippen molar-refractivity contribution in [2.75, 3.05) is 27.9 Å². The summed E-state index contributed by atoms with van der Waals surface area (Å²) < 4.78 is 25.6. The van der Waals surface area contributed by atoms with Gasteiger partial charge in [0.1, 0.15) is 18.4 Å². The van der Waals surface area contributed by atoms with Crippen molar-refractivity contribution in [3.63, 3.8) is 0 Å². The van der Waals surface area contributed by atoms with Crippen LogP contribution in [0.25, 0.3) is 32.7 Å².